The van der Waals surface area contributed by atoms with Gasteiger partial charge in [0, 0.05) is 13.1 Å². The van der Waals surface area contributed by atoms with Crippen molar-refractivity contribution in [1.82, 2.24) is 10.2 Å². The zero-order chi connectivity index (χ0) is 14.0. The number of nitrogens with one attached hydrogen (secondary N) is 1. The second kappa shape index (κ2) is 9.22. The van der Waals surface area contributed by atoms with E-state index in [2.05, 4.69) is 15.2 Å². The van der Waals surface area contributed by atoms with E-state index in [1.807, 2.05) is 0 Å². The number of likely N-dealkylation sites (tertiary alicyclic amines) is 1. The molecule has 4 heteroatoms. The van der Waals surface area contributed by atoms with E-state index in [4.69, 9.17) is 5.73 Å². The van der Waals surface area contributed by atoms with Gasteiger partial charge in [0.1, 0.15) is 0 Å². The summed E-state index contributed by atoms with van der Waals surface area (Å²) in [5, 5.41) is 3.24. The topological polar surface area (TPSA) is 53.6 Å². The van der Waals surface area contributed by atoms with E-state index in [9.17, 15) is 0 Å². The first-order valence-corrected chi connectivity index (χ1v) is 8.61. The molecule has 1 heterocycles. The van der Waals surface area contributed by atoms with Crippen molar-refractivity contribution in [3.63, 3.8) is 0 Å². The molecule has 2 fully saturated rings. The second-order valence-corrected chi connectivity index (χ2v) is 6.41. The van der Waals surface area contributed by atoms with Gasteiger partial charge in [-0.25, -0.2) is 0 Å². The highest BCUT2D eigenvalue weighted by molar-refractivity contribution is 5.77. The molecule has 1 saturated heterocycles. The average Bonchev–Trinajstić information content (AvgIpc) is 2.42. The summed E-state index contributed by atoms with van der Waals surface area (Å²) in [6.07, 6.45) is 12.1. The Morgan fingerprint density at radius 1 is 1.05 bits per heavy atom. The summed E-state index contributed by atoms with van der Waals surface area (Å²) in [5.74, 6) is 1.45. The zero-order valence-corrected chi connectivity index (χ0v) is 12.9. The number of nitrogens with zero attached hydrogens (tertiary/aromatic N) is 2. The van der Waals surface area contributed by atoms with Crippen LogP contribution in [0.15, 0.2) is 4.99 Å². The Labute approximate surface area is 124 Å². The molecular formula is C16H32N4. The number of guanidine groups is 1. The smallest absolute Gasteiger partial charge is 0.188 e. The molecule has 0 unspecified atom stereocenters. The SMILES string of the molecule is NC(=NCC1CCC1)NCCCCCN1CCCCC1. The molecule has 0 aromatic carbocycles. The van der Waals surface area contributed by atoms with Crippen LogP contribution >= 0.6 is 0 Å². The normalized spacial score (nSPS) is 21.7. The van der Waals surface area contributed by atoms with Gasteiger partial charge in [-0.15, -0.1) is 0 Å². The van der Waals surface area contributed by atoms with Crippen molar-refractivity contribution in [2.24, 2.45) is 16.6 Å². The van der Waals surface area contributed by atoms with Gasteiger partial charge in [-0.3, -0.25) is 4.99 Å². The summed E-state index contributed by atoms with van der Waals surface area (Å²) in [6.45, 7) is 5.82. The van der Waals surface area contributed by atoms with Gasteiger partial charge in [-0.05, 0) is 64.1 Å². The molecule has 0 amide bonds. The van der Waals surface area contributed by atoms with E-state index in [0.717, 1.165) is 19.0 Å². The summed E-state index contributed by atoms with van der Waals surface area (Å²) in [5.41, 5.74) is 5.86. The predicted molar refractivity (Wildman–Crippen MR) is 86.0 cm³/mol. The van der Waals surface area contributed by atoms with E-state index in [1.54, 1.807) is 0 Å². The Balaban J connectivity index is 1.40. The van der Waals surface area contributed by atoms with Gasteiger partial charge >= 0.3 is 0 Å². The quantitative estimate of drug-likeness (QED) is 0.408. The Morgan fingerprint density at radius 3 is 2.55 bits per heavy atom. The first-order valence-electron chi connectivity index (χ1n) is 8.61. The summed E-state index contributed by atoms with van der Waals surface area (Å²) in [6, 6.07) is 0. The molecule has 2 rings (SSSR count). The minimum Gasteiger partial charge on any atom is -0.370 e. The van der Waals surface area contributed by atoms with Crippen LogP contribution < -0.4 is 11.1 Å². The predicted octanol–water partition coefficient (Wildman–Crippen LogP) is 2.35. The molecule has 0 atom stereocenters. The monoisotopic (exact) mass is 280 g/mol. The Bertz CT molecular complexity index is 280. The van der Waals surface area contributed by atoms with Crippen molar-refractivity contribution < 1.29 is 0 Å². The molecule has 0 aromatic heterocycles. The molecule has 20 heavy (non-hydrogen) atoms. The molecule has 4 nitrogen and oxygen atoms in total. The number of rotatable bonds is 8. The standard InChI is InChI=1S/C16H32N4/c17-16(19-14-15-8-7-9-15)18-10-3-1-4-11-20-12-5-2-6-13-20/h15H,1-14H2,(H3,17,18,19). The van der Waals surface area contributed by atoms with Crippen molar-refractivity contribution in [2.75, 3.05) is 32.7 Å². The number of hydrogen-bond donors (Lipinski definition) is 2. The Kier molecular flexibility index (Phi) is 7.20. The largest absolute Gasteiger partial charge is 0.370 e. The van der Waals surface area contributed by atoms with Crippen LogP contribution in [0.5, 0.6) is 0 Å². The van der Waals surface area contributed by atoms with E-state index >= 15 is 0 Å². The third kappa shape index (κ3) is 6.12. The van der Waals surface area contributed by atoms with Gasteiger partial charge in [0.25, 0.3) is 0 Å². The van der Waals surface area contributed by atoms with Crippen molar-refractivity contribution in [2.45, 2.75) is 57.8 Å². The molecule has 1 aliphatic heterocycles. The summed E-state index contributed by atoms with van der Waals surface area (Å²) >= 11 is 0. The number of aliphatic imine (C=N–C) groups is 1. The molecule has 0 radical (unpaired) electrons. The van der Waals surface area contributed by atoms with Gasteiger partial charge in [0.05, 0.1) is 0 Å². The molecule has 3 N–H and O–H groups in total. The van der Waals surface area contributed by atoms with Crippen LogP contribution in [0.1, 0.15) is 57.8 Å². The van der Waals surface area contributed by atoms with Gasteiger partial charge in [0.2, 0.25) is 0 Å². The minimum atomic E-state index is 0.646. The third-order valence-corrected chi connectivity index (χ3v) is 4.65. The summed E-state index contributed by atoms with van der Waals surface area (Å²) in [4.78, 5) is 7.03. The number of hydrogen-bond acceptors (Lipinski definition) is 2. The van der Waals surface area contributed by atoms with Crippen LogP contribution in [-0.2, 0) is 0 Å². The van der Waals surface area contributed by atoms with Crippen LogP contribution in [0.4, 0.5) is 0 Å². The summed E-state index contributed by atoms with van der Waals surface area (Å²) in [7, 11) is 0. The first-order chi connectivity index (χ1) is 9.84. The van der Waals surface area contributed by atoms with Crippen molar-refractivity contribution >= 4 is 5.96 Å². The van der Waals surface area contributed by atoms with Gasteiger partial charge < -0.3 is 16.0 Å². The zero-order valence-electron chi connectivity index (χ0n) is 12.9. The van der Waals surface area contributed by atoms with Crippen molar-refractivity contribution in [1.29, 1.82) is 0 Å². The average molecular weight is 280 g/mol. The van der Waals surface area contributed by atoms with Crippen LogP contribution in [-0.4, -0.2) is 43.6 Å². The third-order valence-electron chi connectivity index (χ3n) is 4.65. The van der Waals surface area contributed by atoms with Crippen LogP contribution in [0.3, 0.4) is 0 Å². The molecule has 1 saturated carbocycles. The lowest BCUT2D eigenvalue weighted by Crippen LogP contribution is -2.33. The van der Waals surface area contributed by atoms with Gasteiger partial charge in [-0.2, -0.15) is 0 Å². The lowest BCUT2D eigenvalue weighted by molar-refractivity contribution is 0.224. The lowest BCUT2D eigenvalue weighted by Gasteiger charge is -2.26. The fourth-order valence-electron chi connectivity index (χ4n) is 3.00. The van der Waals surface area contributed by atoms with E-state index in [0.29, 0.717) is 5.96 Å². The van der Waals surface area contributed by atoms with Gasteiger partial charge in [0.15, 0.2) is 5.96 Å². The number of nitrogens with two attached hydrogens (primary N) is 1. The maximum Gasteiger partial charge on any atom is 0.188 e. The first kappa shape index (κ1) is 15.6. The molecule has 0 bridgehead atoms. The van der Waals surface area contributed by atoms with Crippen molar-refractivity contribution in [3.05, 3.63) is 0 Å². The molecular weight excluding hydrogens is 248 g/mol. The maximum atomic E-state index is 5.86. The van der Waals surface area contributed by atoms with E-state index in [-0.39, 0.29) is 0 Å². The lowest BCUT2D eigenvalue weighted by atomic mass is 9.86. The van der Waals surface area contributed by atoms with Crippen LogP contribution in [0.2, 0.25) is 0 Å². The highest BCUT2D eigenvalue weighted by Crippen LogP contribution is 2.26. The maximum absolute atomic E-state index is 5.86. The fourth-order valence-corrected chi connectivity index (χ4v) is 3.00. The molecule has 1 aliphatic carbocycles. The molecule has 0 aromatic rings. The Hall–Kier alpha value is -0.770. The van der Waals surface area contributed by atoms with Crippen molar-refractivity contribution in [3.8, 4) is 0 Å². The second-order valence-electron chi connectivity index (χ2n) is 6.41. The Morgan fingerprint density at radius 2 is 1.85 bits per heavy atom. The van der Waals surface area contributed by atoms with Gasteiger partial charge in [-0.1, -0.05) is 19.3 Å². The molecule has 2 aliphatic rings. The van der Waals surface area contributed by atoms with E-state index < -0.39 is 0 Å². The van der Waals surface area contributed by atoms with E-state index in [1.165, 1.54) is 77.4 Å². The molecule has 116 valence electrons. The molecule has 0 spiro atoms. The number of unbranched alkanes of at least 4 members (excludes halogenated alkanes) is 2. The highest BCUT2D eigenvalue weighted by Gasteiger charge is 2.16. The van der Waals surface area contributed by atoms with Crippen LogP contribution in [0, 0.1) is 5.92 Å². The van der Waals surface area contributed by atoms with Crippen LogP contribution in [0.25, 0.3) is 0 Å². The minimum absolute atomic E-state index is 0.646. The fraction of sp³-hybridized carbons (Fsp3) is 0.938. The summed E-state index contributed by atoms with van der Waals surface area (Å²) < 4.78 is 0. The highest BCUT2D eigenvalue weighted by atomic mass is 15.1. The number of piperidine rings is 1.